The molecule has 24 heavy (non-hydrogen) atoms. The van der Waals surface area contributed by atoms with Crippen LogP contribution in [0.25, 0.3) is 6.08 Å². The molecule has 1 aromatic heterocycles. The highest BCUT2D eigenvalue weighted by atomic mass is 16.5. The Kier molecular flexibility index (Phi) is 6.60. The summed E-state index contributed by atoms with van der Waals surface area (Å²) < 4.78 is 7.74. The minimum atomic E-state index is -0.559. The molecule has 6 nitrogen and oxygen atoms in total. The minimum Gasteiger partial charge on any atom is -0.492 e. The highest BCUT2D eigenvalue weighted by molar-refractivity contribution is 5.90. The number of carbonyl (C=O) groups excluding carboxylic acids is 1. The monoisotopic (exact) mass is 329 g/mol. The fourth-order valence-corrected chi connectivity index (χ4v) is 2.30. The number of rotatable bonds is 8. The second-order valence-electron chi connectivity index (χ2n) is 5.67. The summed E-state index contributed by atoms with van der Waals surface area (Å²) in [7, 11) is 4.08. The van der Waals surface area contributed by atoms with E-state index in [0.717, 1.165) is 18.0 Å². The maximum atomic E-state index is 11.0. The van der Waals surface area contributed by atoms with Crippen molar-refractivity contribution in [2.45, 2.75) is 13.1 Å². The topological polar surface area (TPSA) is 66.7 Å². The Bertz CT molecular complexity index is 675. The van der Waals surface area contributed by atoms with Crippen LogP contribution in [0.4, 0.5) is 0 Å². The largest absolute Gasteiger partial charge is 0.492 e. The molecule has 0 bridgehead atoms. The first-order chi connectivity index (χ1) is 11.6. The Morgan fingerprint density at radius 1 is 1.29 bits per heavy atom. The van der Waals surface area contributed by atoms with Gasteiger partial charge in [0, 0.05) is 24.5 Å². The number of hydrogen-bond acceptors (Lipinski definition) is 4. The van der Waals surface area contributed by atoms with E-state index in [2.05, 4.69) is 17.0 Å². The number of ether oxygens (including phenoxy) is 1. The second-order valence-corrected chi connectivity index (χ2v) is 5.67. The summed E-state index contributed by atoms with van der Waals surface area (Å²) in [5.74, 6) is 0.276. The molecule has 1 heterocycles. The second kappa shape index (κ2) is 8.90. The number of amides is 1. The minimum absolute atomic E-state index is 0.523. The van der Waals surface area contributed by atoms with E-state index in [9.17, 15) is 4.79 Å². The summed E-state index contributed by atoms with van der Waals surface area (Å²) >= 11 is 0. The maximum Gasteiger partial charge on any atom is 0.267 e. The van der Waals surface area contributed by atoms with E-state index in [4.69, 9.17) is 9.94 Å². The van der Waals surface area contributed by atoms with Crippen molar-refractivity contribution in [1.82, 2.24) is 14.9 Å². The molecule has 0 aliphatic rings. The Morgan fingerprint density at radius 2 is 2.04 bits per heavy atom. The van der Waals surface area contributed by atoms with Crippen LogP contribution in [0, 0.1) is 0 Å². The zero-order valence-electron chi connectivity index (χ0n) is 14.0. The van der Waals surface area contributed by atoms with E-state index in [0.29, 0.717) is 13.2 Å². The fraction of sp³-hybridized carbons (Fsp3) is 0.278. The van der Waals surface area contributed by atoms with Crippen LogP contribution in [0.5, 0.6) is 5.75 Å². The highest BCUT2D eigenvalue weighted by Gasteiger charge is 2.01. The quantitative estimate of drug-likeness (QED) is 0.442. The molecule has 0 aliphatic heterocycles. The van der Waals surface area contributed by atoms with Crippen molar-refractivity contribution in [3.05, 3.63) is 59.9 Å². The van der Waals surface area contributed by atoms with Crippen molar-refractivity contribution in [2.75, 3.05) is 20.7 Å². The molecule has 1 amide bonds. The van der Waals surface area contributed by atoms with Gasteiger partial charge in [0.2, 0.25) is 0 Å². The first kappa shape index (κ1) is 17.8. The Labute approximate surface area is 141 Å². The van der Waals surface area contributed by atoms with Gasteiger partial charge in [0.05, 0.1) is 6.54 Å². The predicted molar refractivity (Wildman–Crippen MR) is 92.7 cm³/mol. The number of benzene rings is 1. The third kappa shape index (κ3) is 5.57. The van der Waals surface area contributed by atoms with Gasteiger partial charge in [-0.15, -0.1) is 0 Å². The Morgan fingerprint density at radius 3 is 2.71 bits per heavy atom. The Hall–Kier alpha value is -2.57. The molecule has 0 aliphatic carbocycles. The van der Waals surface area contributed by atoms with Crippen LogP contribution in [0.3, 0.4) is 0 Å². The molecule has 2 aromatic rings. The van der Waals surface area contributed by atoms with E-state index in [1.165, 1.54) is 11.6 Å². The van der Waals surface area contributed by atoms with Gasteiger partial charge in [-0.1, -0.05) is 12.1 Å². The summed E-state index contributed by atoms with van der Waals surface area (Å²) in [5.41, 5.74) is 3.67. The van der Waals surface area contributed by atoms with Gasteiger partial charge in [0.1, 0.15) is 12.4 Å². The normalized spacial score (nSPS) is 11.2. The number of hydrogen-bond donors (Lipinski definition) is 2. The van der Waals surface area contributed by atoms with Gasteiger partial charge in [-0.25, -0.2) is 5.48 Å². The molecule has 0 radical (unpaired) electrons. The summed E-state index contributed by atoms with van der Waals surface area (Å²) in [6.07, 6.45) is 4.83. The van der Waals surface area contributed by atoms with Crippen molar-refractivity contribution >= 4 is 12.0 Å². The van der Waals surface area contributed by atoms with E-state index in [1.807, 2.05) is 49.1 Å². The van der Waals surface area contributed by atoms with Crippen LogP contribution in [-0.4, -0.2) is 41.3 Å². The van der Waals surface area contributed by atoms with Crippen LogP contribution < -0.4 is 10.2 Å². The number of hydroxylamine groups is 1. The summed E-state index contributed by atoms with van der Waals surface area (Å²) in [4.78, 5) is 13.1. The smallest absolute Gasteiger partial charge is 0.267 e. The molecular weight excluding hydrogens is 306 g/mol. The van der Waals surface area contributed by atoms with Crippen LogP contribution in [0.2, 0.25) is 0 Å². The lowest BCUT2D eigenvalue weighted by Gasteiger charge is -2.11. The van der Waals surface area contributed by atoms with E-state index in [1.54, 1.807) is 11.6 Å². The summed E-state index contributed by atoms with van der Waals surface area (Å²) in [6.45, 7) is 2.09. The predicted octanol–water partition coefficient (Wildman–Crippen LogP) is 2.15. The van der Waals surface area contributed by atoms with Crippen molar-refractivity contribution < 1.29 is 14.7 Å². The van der Waals surface area contributed by atoms with E-state index in [-0.39, 0.29) is 0 Å². The molecule has 2 N–H and O–H groups in total. The van der Waals surface area contributed by atoms with Gasteiger partial charge in [-0.05, 0) is 50.0 Å². The van der Waals surface area contributed by atoms with E-state index < -0.39 is 5.91 Å². The van der Waals surface area contributed by atoms with Gasteiger partial charge in [0.15, 0.2) is 0 Å². The molecule has 1 aromatic carbocycles. The molecule has 0 fully saturated rings. The molecule has 0 saturated heterocycles. The first-order valence-corrected chi connectivity index (χ1v) is 7.72. The average molecular weight is 329 g/mol. The van der Waals surface area contributed by atoms with Gasteiger partial charge in [-0.2, -0.15) is 0 Å². The standard InChI is InChI=1S/C18H23N3O3/c1-20(2)14-15-5-8-17(9-6-15)24-13-12-21-11-3-4-16(21)7-10-18(22)19-23/h3-11,23H,12-14H2,1-2H3,(H,19,22)/b10-7+. The molecule has 128 valence electrons. The summed E-state index contributed by atoms with van der Waals surface area (Å²) in [5, 5.41) is 8.49. The van der Waals surface area contributed by atoms with Crippen LogP contribution >= 0.6 is 0 Å². The SMILES string of the molecule is CN(C)Cc1ccc(OCCn2cccc2/C=C/C(=O)NO)cc1. The van der Waals surface area contributed by atoms with Crippen molar-refractivity contribution in [3.8, 4) is 5.75 Å². The molecule has 2 rings (SSSR count). The Balaban J connectivity index is 1.85. The van der Waals surface area contributed by atoms with Gasteiger partial charge >= 0.3 is 0 Å². The molecule has 0 atom stereocenters. The molecule has 0 spiro atoms. The number of carbonyl (C=O) groups is 1. The fourth-order valence-electron chi connectivity index (χ4n) is 2.30. The zero-order valence-corrected chi connectivity index (χ0v) is 14.0. The summed E-state index contributed by atoms with van der Waals surface area (Å²) in [6, 6.07) is 11.9. The van der Waals surface area contributed by atoms with Gasteiger partial charge in [-0.3, -0.25) is 10.0 Å². The van der Waals surface area contributed by atoms with Gasteiger partial charge in [0.25, 0.3) is 5.91 Å². The molecular formula is C18H23N3O3. The maximum absolute atomic E-state index is 11.0. The lowest BCUT2D eigenvalue weighted by molar-refractivity contribution is -0.124. The van der Waals surface area contributed by atoms with Crippen LogP contribution in [-0.2, 0) is 17.9 Å². The molecule has 0 saturated carbocycles. The van der Waals surface area contributed by atoms with Crippen molar-refractivity contribution in [1.29, 1.82) is 0 Å². The third-order valence-corrected chi connectivity index (χ3v) is 3.40. The van der Waals surface area contributed by atoms with Crippen molar-refractivity contribution in [2.24, 2.45) is 0 Å². The molecule has 0 unspecified atom stereocenters. The third-order valence-electron chi connectivity index (χ3n) is 3.40. The lowest BCUT2D eigenvalue weighted by atomic mass is 10.2. The zero-order chi connectivity index (χ0) is 17.4. The number of nitrogens with zero attached hydrogens (tertiary/aromatic N) is 2. The van der Waals surface area contributed by atoms with Gasteiger partial charge < -0.3 is 14.2 Å². The highest BCUT2D eigenvalue weighted by Crippen LogP contribution is 2.13. The number of nitrogens with one attached hydrogen (secondary N) is 1. The lowest BCUT2D eigenvalue weighted by Crippen LogP contribution is -2.15. The van der Waals surface area contributed by atoms with E-state index >= 15 is 0 Å². The van der Waals surface area contributed by atoms with Crippen molar-refractivity contribution in [3.63, 3.8) is 0 Å². The van der Waals surface area contributed by atoms with Crippen LogP contribution in [0.1, 0.15) is 11.3 Å². The first-order valence-electron chi connectivity index (χ1n) is 7.72. The van der Waals surface area contributed by atoms with Crippen LogP contribution in [0.15, 0.2) is 48.7 Å². The molecule has 6 heteroatoms. The average Bonchev–Trinajstić information content (AvgIpc) is 3.01. The number of aromatic nitrogens is 1.